The van der Waals surface area contributed by atoms with Gasteiger partial charge in [-0.05, 0) is 29.3 Å². The molecule has 0 spiro atoms. The molecule has 0 aliphatic carbocycles. The van der Waals surface area contributed by atoms with E-state index in [-0.39, 0.29) is 11.9 Å². The summed E-state index contributed by atoms with van der Waals surface area (Å²) in [6.45, 7) is 1.97. The second kappa shape index (κ2) is 6.84. The largest absolute Gasteiger partial charge is 0.344 e. The van der Waals surface area contributed by atoms with Gasteiger partial charge in [0.1, 0.15) is 5.69 Å². The fraction of sp³-hybridized carbons (Fsp3) is 0.0909. The van der Waals surface area contributed by atoms with Crippen molar-refractivity contribution < 1.29 is 4.79 Å². The van der Waals surface area contributed by atoms with Crippen molar-refractivity contribution in [3.05, 3.63) is 90.1 Å². The minimum Gasteiger partial charge on any atom is -0.344 e. The number of hydrogen-bond donors (Lipinski definition) is 2. The summed E-state index contributed by atoms with van der Waals surface area (Å²) in [6, 6.07) is 25.9. The normalized spacial score (nSPS) is 12.0. The van der Waals surface area contributed by atoms with E-state index >= 15 is 0 Å². The number of carbonyl (C=O) groups is 1. The number of benzene rings is 3. The van der Waals surface area contributed by atoms with Gasteiger partial charge in [0.15, 0.2) is 0 Å². The summed E-state index contributed by atoms with van der Waals surface area (Å²) in [5.74, 6) is -0.166. The molecule has 1 amide bonds. The van der Waals surface area contributed by atoms with Crippen molar-refractivity contribution in [3.8, 4) is 11.3 Å². The van der Waals surface area contributed by atoms with Crippen molar-refractivity contribution in [2.24, 2.45) is 0 Å². The molecule has 4 nitrogen and oxygen atoms in total. The SMILES string of the molecule is CC(NC(=O)c1cc(-c2cccc3ccccc23)n[nH]1)c1ccccc1. The van der Waals surface area contributed by atoms with Crippen LogP contribution in [0, 0.1) is 0 Å². The van der Waals surface area contributed by atoms with E-state index in [4.69, 9.17) is 0 Å². The van der Waals surface area contributed by atoms with Crippen molar-refractivity contribution in [3.63, 3.8) is 0 Å². The lowest BCUT2D eigenvalue weighted by atomic mass is 10.0. The number of nitrogens with zero attached hydrogens (tertiary/aromatic N) is 1. The van der Waals surface area contributed by atoms with Crippen LogP contribution in [-0.4, -0.2) is 16.1 Å². The molecule has 0 saturated heterocycles. The highest BCUT2D eigenvalue weighted by molar-refractivity contribution is 5.98. The minimum absolute atomic E-state index is 0.0759. The predicted molar refractivity (Wildman–Crippen MR) is 104 cm³/mol. The van der Waals surface area contributed by atoms with Crippen molar-refractivity contribution in [1.29, 1.82) is 0 Å². The Hall–Kier alpha value is -3.40. The van der Waals surface area contributed by atoms with E-state index in [1.165, 1.54) is 0 Å². The number of aromatic amines is 1. The first-order valence-electron chi connectivity index (χ1n) is 8.62. The average molecular weight is 341 g/mol. The van der Waals surface area contributed by atoms with Crippen LogP contribution < -0.4 is 5.32 Å². The Morgan fingerprint density at radius 2 is 1.69 bits per heavy atom. The minimum atomic E-state index is -0.166. The highest BCUT2D eigenvalue weighted by atomic mass is 16.2. The van der Waals surface area contributed by atoms with E-state index in [1.54, 1.807) is 6.07 Å². The summed E-state index contributed by atoms with van der Waals surface area (Å²) in [5.41, 5.74) is 3.29. The van der Waals surface area contributed by atoms with Crippen LogP contribution in [0.2, 0.25) is 0 Å². The van der Waals surface area contributed by atoms with E-state index in [0.717, 1.165) is 27.6 Å². The van der Waals surface area contributed by atoms with Crippen LogP contribution in [-0.2, 0) is 0 Å². The first-order chi connectivity index (χ1) is 12.7. The average Bonchev–Trinajstić information content (AvgIpc) is 3.18. The third kappa shape index (κ3) is 3.09. The van der Waals surface area contributed by atoms with Crippen LogP contribution in [0.5, 0.6) is 0 Å². The quantitative estimate of drug-likeness (QED) is 0.564. The molecular weight excluding hydrogens is 322 g/mol. The molecule has 1 atom stereocenters. The number of carbonyl (C=O) groups excluding carboxylic acids is 1. The predicted octanol–water partition coefficient (Wildman–Crippen LogP) is 4.72. The molecule has 0 radical (unpaired) electrons. The van der Waals surface area contributed by atoms with E-state index in [1.807, 2.05) is 61.5 Å². The van der Waals surface area contributed by atoms with Gasteiger partial charge < -0.3 is 5.32 Å². The number of H-pyrrole nitrogens is 1. The Kier molecular flexibility index (Phi) is 4.23. The fourth-order valence-corrected chi connectivity index (χ4v) is 3.12. The fourth-order valence-electron chi connectivity index (χ4n) is 3.12. The lowest BCUT2D eigenvalue weighted by molar-refractivity contribution is 0.0935. The maximum Gasteiger partial charge on any atom is 0.269 e. The Labute approximate surface area is 151 Å². The maximum atomic E-state index is 12.6. The van der Waals surface area contributed by atoms with Crippen LogP contribution >= 0.6 is 0 Å². The Morgan fingerprint density at radius 3 is 2.54 bits per heavy atom. The van der Waals surface area contributed by atoms with Gasteiger partial charge >= 0.3 is 0 Å². The summed E-state index contributed by atoms with van der Waals surface area (Å²) in [5, 5.41) is 12.5. The summed E-state index contributed by atoms with van der Waals surface area (Å²) in [6.07, 6.45) is 0. The molecule has 3 aromatic carbocycles. The van der Waals surface area contributed by atoms with Crippen LogP contribution in [0.4, 0.5) is 0 Å². The number of aromatic nitrogens is 2. The molecule has 4 heteroatoms. The number of amides is 1. The Morgan fingerprint density at radius 1 is 0.962 bits per heavy atom. The van der Waals surface area contributed by atoms with Gasteiger partial charge in [0.05, 0.1) is 11.7 Å². The Bertz CT molecular complexity index is 1050. The second-order valence-corrected chi connectivity index (χ2v) is 6.30. The molecule has 0 saturated carbocycles. The molecule has 0 fully saturated rings. The first-order valence-corrected chi connectivity index (χ1v) is 8.62. The zero-order valence-electron chi connectivity index (χ0n) is 14.4. The number of fused-ring (bicyclic) bond motifs is 1. The molecule has 4 aromatic rings. The van der Waals surface area contributed by atoms with Crippen molar-refractivity contribution in [1.82, 2.24) is 15.5 Å². The molecule has 1 unspecified atom stereocenters. The number of nitrogens with one attached hydrogen (secondary N) is 2. The summed E-state index contributed by atoms with van der Waals surface area (Å²) in [7, 11) is 0. The molecule has 0 bridgehead atoms. The van der Waals surface area contributed by atoms with Gasteiger partial charge in [-0.3, -0.25) is 9.89 Å². The summed E-state index contributed by atoms with van der Waals surface area (Å²) in [4.78, 5) is 12.6. The van der Waals surface area contributed by atoms with Crippen LogP contribution in [0.25, 0.3) is 22.0 Å². The number of rotatable bonds is 4. The molecule has 1 aromatic heterocycles. The van der Waals surface area contributed by atoms with Crippen molar-refractivity contribution in [2.45, 2.75) is 13.0 Å². The highest BCUT2D eigenvalue weighted by Gasteiger charge is 2.15. The summed E-state index contributed by atoms with van der Waals surface area (Å²) >= 11 is 0. The third-order valence-corrected chi connectivity index (χ3v) is 4.54. The van der Waals surface area contributed by atoms with Crippen molar-refractivity contribution >= 4 is 16.7 Å². The molecule has 0 aliphatic rings. The first kappa shape index (κ1) is 16.1. The van der Waals surface area contributed by atoms with Crippen LogP contribution in [0.15, 0.2) is 78.9 Å². The van der Waals surface area contributed by atoms with Gasteiger partial charge in [-0.1, -0.05) is 72.8 Å². The molecular formula is C22H19N3O. The molecule has 1 heterocycles. The smallest absolute Gasteiger partial charge is 0.269 e. The zero-order chi connectivity index (χ0) is 17.9. The third-order valence-electron chi connectivity index (χ3n) is 4.54. The molecule has 4 rings (SSSR count). The summed E-state index contributed by atoms with van der Waals surface area (Å²) < 4.78 is 0. The molecule has 26 heavy (non-hydrogen) atoms. The second-order valence-electron chi connectivity index (χ2n) is 6.30. The van der Waals surface area contributed by atoms with Gasteiger partial charge in [-0.15, -0.1) is 0 Å². The van der Waals surface area contributed by atoms with E-state index in [0.29, 0.717) is 5.69 Å². The van der Waals surface area contributed by atoms with Crippen molar-refractivity contribution in [2.75, 3.05) is 0 Å². The molecule has 128 valence electrons. The molecule has 0 aliphatic heterocycles. The van der Waals surface area contributed by atoms with Crippen LogP contribution in [0.3, 0.4) is 0 Å². The maximum absolute atomic E-state index is 12.6. The topological polar surface area (TPSA) is 57.8 Å². The molecule has 2 N–H and O–H groups in total. The standard InChI is InChI=1S/C22H19N3O/c1-15(16-8-3-2-4-9-16)23-22(26)21-14-20(24-25-21)19-13-7-11-17-10-5-6-12-18(17)19/h2-15H,1H3,(H,23,26)(H,24,25). The van der Waals surface area contributed by atoms with Crippen LogP contribution in [0.1, 0.15) is 29.0 Å². The van der Waals surface area contributed by atoms with E-state index in [9.17, 15) is 4.79 Å². The Balaban J connectivity index is 1.59. The highest BCUT2D eigenvalue weighted by Crippen LogP contribution is 2.27. The van der Waals surface area contributed by atoms with Gasteiger partial charge in [0, 0.05) is 5.56 Å². The van der Waals surface area contributed by atoms with E-state index < -0.39 is 0 Å². The van der Waals surface area contributed by atoms with Gasteiger partial charge in [-0.25, -0.2) is 0 Å². The van der Waals surface area contributed by atoms with Gasteiger partial charge in [0.2, 0.25) is 0 Å². The van der Waals surface area contributed by atoms with E-state index in [2.05, 4.69) is 33.7 Å². The monoisotopic (exact) mass is 341 g/mol. The zero-order valence-corrected chi connectivity index (χ0v) is 14.4. The van der Waals surface area contributed by atoms with Gasteiger partial charge in [-0.2, -0.15) is 5.10 Å². The lowest BCUT2D eigenvalue weighted by Gasteiger charge is -2.13. The van der Waals surface area contributed by atoms with Gasteiger partial charge in [0.25, 0.3) is 5.91 Å². The lowest BCUT2D eigenvalue weighted by Crippen LogP contribution is -2.26. The number of hydrogen-bond acceptors (Lipinski definition) is 2.